The van der Waals surface area contributed by atoms with Crippen LogP contribution in [-0.2, 0) is 6.42 Å². The second-order valence-electron chi connectivity index (χ2n) is 5.34. The quantitative estimate of drug-likeness (QED) is 0.911. The highest BCUT2D eigenvalue weighted by atomic mass is 16.3. The van der Waals surface area contributed by atoms with E-state index in [-0.39, 0.29) is 18.7 Å². The van der Waals surface area contributed by atoms with Crippen LogP contribution in [0.2, 0.25) is 0 Å². The van der Waals surface area contributed by atoms with Gasteiger partial charge in [0, 0.05) is 12.7 Å². The number of carbonyl (C=O) groups excluding carboxylic acids is 1. The van der Waals surface area contributed by atoms with E-state index in [0.29, 0.717) is 12.2 Å². The highest BCUT2D eigenvalue weighted by Crippen LogP contribution is 2.35. The van der Waals surface area contributed by atoms with Crippen molar-refractivity contribution in [3.8, 4) is 0 Å². The van der Waals surface area contributed by atoms with Crippen LogP contribution in [0.3, 0.4) is 0 Å². The first kappa shape index (κ1) is 14.5. The van der Waals surface area contributed by atoms with Gasteiger partial charge in [-0.1, -0.05) is 24.3 Å². The van der Waals surface area contributed by atoms with Gasteiger partial charge in [-0.15, -0.1) is 0 Å². The lowest BCUT2D eigenvalue weighted by atomic mass is 10.1. The predicted octanol–water partition coefficient (Wildman–Crippen LogP) is 2.60. The number of nitrogens with zero attached hydrogens (tertiary/aromatic N) is 2. The van der Waals surface area contributed by atoms with E-state index < -0.39 is 0 Å². The molecule has 3 rings (SSSR count). The third kappa shape index (κ3) is 2.94. The molecular formula is C17H19N3O2. The first-order valence-electron chi connectivity index (χ1n) is 7.46. The number of rotatable bonds is 4. The van der Waals surface area contributed by atoms with E-state index in [4.69, 9.17) is 0 Å². The number of nitrogens with one attached hydrogen (secondary N) is 1. The van der Waals surface area contributed by atoms with E-state index in [2.05, 4.69) is 22.4 Å². The van der Waals surface area contributed by atoms with Crippen LogP contribution in [0.15, 0.2) is 48.8 Å². The Morgan fingerprint density at radius 3 is 2.95 bits per heavy atom. The van der Waals surface area contributed by atoms with Gasteiger partial charge >= 0.3 is 6.03 Å². The standard InChI is InChI=1S/C17H19N3O2/c21-11-10-20(17(22)19-14-5-3-9-18-12-14)16-8-7-13-4-1-2-6-15(13)16/h1-6,9,12,16,21H,7-8,10-11H2,(H,19,22). The fourth-order valence-corrected chi connectivity index (χ4v) is 3.00. The van der Waals surface area contributed by atoms with E-state index in [1.807, 2.05) is 12.1 Å². The van der Waals surface area contributed by atoms with Gasteiger partial charge in [-0.25, -0.2) is 4.79 Å². The van der Waals surface area contributed by atoms with Gasteiger partial charge < -0.3 is 15.3 Å². The van der Waals surface area contributed by atoms with Crippen molar-refractivity contribution in [1.82, 2.24) is 9.88 Å². The SMILES string of the molecule is O=C(Nc1cccnc1)N(CCO)C1CCc2ccccc21. The summed E-state index contributed by atoms with van der Waals surface area (Å²) < 4.78 is 0. The minimum absolute atomic E-state index is 0.0139. The maximum Gasteiger partial charge on any atom is 0.322 e. The van der Waals surface area contributed by atoms with Crippen LogP contribution >= 0.6 is 0 Å². The van der Waals surface area contributed by atoms with Crippen LogP contribution in [0.5, 0.6) is 0 Å². The largest absolute Gasteiger partial charge is 0.395 e. The summed E-state index contributed by atoms with van der Waals surface area (Å²) in [6.07, 6.45) is 5.12. The van der Waals surface area contributed by atoms with Gasteiger partial charge in [-0.3, -0.25) is 4.98 Å². The Morgan fingerprint density at radius 1 is 1.32 bits per heavy atom. The van der Waals surface area contributed by atoms with Crippen LogP contribution < -0.4 is 5.32 Å². The number of anilines is 1. The molecule has 1 heterocycles. The fraction of sp³-hybridized carbons (Fsp3) is 0.294. The van der Waals surface area contributed by atoms with Crippen molar-refractivity contribution in [1.29, 1.82) is 0 Å². The number of amides is 2. The Bertz CT molecular complexity index is 645. The van der Waals surface area contributed by atoms with Crippen LogP contribution in [0.4, 0.5) is 10.5 Å². The number of aliphatic hydroxyl groups is 1. The first-order chi connectivity index (χ1) is 10.8. The van der Waals surface area contributed by atoms with Crippen molar-refractivity contribution >= 4 is 11.7 Å². The molecule has 2 amide bonds. The van der Waals surface area contributed by atoms with E-state index in [1.54, 1.807) is 29.4 Å². The zero-order valence-corrected chi connectivity index (χ0v) is 12.3. The number of hydrogen-bond donors (Lipinski definition) is 2. The van der Waals surface area contributed by atoms with Gasteiger partial charge in [0.15, 0.2) is 0 Å². The maximum atomic E-state index is 12.6. The highest BCUT2D eigenvalue weighted by Gasteiger charge is 2.30. The monoisotopic (exact) mass is 297 g/mol. The second kappa shape index (κ2) is 6.58. The average molecular weight is 297 g/mol. The normalized spacial score (nSPS) is 16.1. The Hall–Kier alpha value is -2.40. The molecule has 1 aromatic heterocycles. The summed E-state index contributed by atoms with van der Waals surface area (Å²) in [6.45, 7) is 0.254. The molecule has 1 aliphatic rings. The third-order valence-corrected chi connectivity index (χ3v) is 3.99. The van der Waals surface area contributed by atoms with Crippen molar-refractivity contribution in [2.45, 2.75) is 18.9 Å². The molecule has 2 N–H and O–H groups in total. The summed E-state index contributed by atoms with van der Waals surface area (Å²) in [5, 5.41) is 12.2. The molecule has 22 heavy (non-hydrogen) atoms. The number of aromatic nitrogens is 1. The summed E-state index contributed by atoms with van der Waals surface area (Å²) >= 11 is 0. The molecule has 0 aliphatic heterocycles. The number of hydrogen-bond acceptors (Lipinski definition) is 3. The Labute approximate surface area is 129 Å². The van der Waals surface area contributed by atoms with E-state index in [1.165, 1.54) is 11.1 Å². The maximum absolute atomic E-state index is 12.6. The summed E-state index contributed by atoms with van der Waals surface area (Å²) in [7, 11) is 0. The molecule has 0 bridgehead atoms. The molecule has 0 spiro atoms. The molecule has 0 saturated heterocycles. The predicted molar refractivity (Wildman–Crippen MR) is 84.6 cm³/mol. The van der Waals surface area contributed by atoms with E-state index in [9.17, 15) is 9.90 Å². The zero-order chi connectivity index (χ0) is 15.4. The summed E-state index contributed by atoms with van der Waals surface area (Å²) in [4.78, 5) is 18.3. The molecule has 5 nitrogen and oxygen atoms in total. The smallest absolute Gasteiger partial charge is 0.322 e. The van der Waals surface area contributed by atoms with Gasteiger partial charge in [0.25, 0.3) is 0 Å². The van der Waals surface area contributed by atoms with Crippen molar-refractivity contribution in [3.05, 3.63) is 59.9 Å². The number of benzene rings is 1. The van der Waals surface area contributed by atoms with Crippen LogP contribution in [0, 0.1) is 0 Å². The number of carbonyl (C=O) groups is 1. The lowest BCUT2D eigenvalue weighted by Crippen LogP contribution is -2.39. The molecule has 5 heteroatoms. The van der Waals surface area contributed by atoms with Gasteiger partial charge in [0.1, 0.15) is 0 Å². The number of fused-ring (bicyclic) bond motifs is 1. The minimum Gasteiger partial charge on any atom is -0.395 e. The molecule has 1 atom stereocenters. The topological polar surface area (TPSA) is 65.5 Å². The van der Waals surface area contributed by atoms with Crippen LogP contribution in [0.25, 0.3) is 0 Å². The lowest BCUT2D eigenvalue weighted by molar-refractivity contribution is 0.162. The van der Waals surface area contributed by atoms with Crippen molar-refractivity contribution in [2.75, 3.05) is 18.5 Å². The number of urea groups is 1. The Morgan fingerprint density at radius 2 is 2.18 bits per heavy atom. The molecule has 2 aromatic rings. The molecular weight excluding hydrogens is 278 g/mol. The van der Waals surface area contributed by atoms with Gasteiger partial charge in [-0.2, -0.15) is 0 Å². The van der Waals surface area contributed by atoms with Crippen LogP contribution in [-0.4, -0.2) is 34.2 Å². The first-order valence-corrected chi connectivity index (χ1v) is 7.46. The van der Waals surface area contributed by atoms with Crippen molar-refractivity contribution < 1.29 is 9.90 Å². The Balaban J connectivity index is 1.80. The zero-order valence-electron chi connectivity index (χ0n) is 12.3. The number of aryl methyl sites for hydroxylation is 1. The van der Waals surface area contributed by atoms with Gasteiger partial charge in [0.2, 0.25) is 0 Å². The molecule has 0 saturated carbocycles. The van der Waals surface area contributed by atoms with Crippen molar-refractivity contribution in [2.24, 2.45) is 0 Å². The van der Waals surface area contributed by atoms with E-state index in [0.717, 1.165) is 12.8 Å². The summed E-state index contributed by atoms with van der Waals surface area (Å²) in [5.74, 6) is 0. The number of pyridine rings is 1. The lowest BCUT2D eigenvalue weighted by Gasteiger charge is -2.29. The fourth-order valence-electron chi connectivity index (χ4n) is 3.00. The van der Waals surface area contributed by atoms with Gasteiger partial charge in [0.05, 0.1) is 24.5 Å². The Kier molecular flexibility index (Phi) is 4.34. The molecule has 1 unspecified atom stereocenters. The average Bonchev–Trinajstić information content (AvgIpc) is 2.97. The molecule has 0 radical (unpaired) electrons. The molecule has 1 aliphatic carbocycles. The van der Waals surface area contributed by atoms with E-state index >= 15 is 0 Å². The summed E-state index contributed by atoms with van der Waals surface area (Å²) in [5.41, 5.74) is 3.11. The summed E-state index contributed by atoms with van der Waals surface area (Å²) in [6, 6.07) is 11.6. The van der Waals surface area contributed by atoms with Crippen LogP contribution in [0.1, 0.15) is 23.6 Å². The minimum atomic E-state index is -0.205. The highest BCUT2D eigenvalue weighted by molar-refractivity contribution is 5.89. The molecule has 1 aromatic carbocycles. The molecule has 114 valence electrons. The van der Waals surface area contributed by atoms with Gasteiger partial charge in [-0.05, 0) is 36.1 Å². The number of aliphatic hydroxyl groups excluding tert-OH is 1. The second-order valence-corrected chi connectivity index (χ2v) is 5.34. The molecule has 0 fully saturated rings. The third-order valence-electron chi connectivity index (χ3n) is 3.99. The van der Waals surface area contributed by atoms with Crippen molar-refractivity contribution in [3.63, 3.8) is 0 Å².